The number of aromatic nitrogens is 2. The summed E-state index contributed by atoms with van der Waals surface area (Å²) in [6.07, 6.45) is -0.408. The third-order valence-corrected chi connectivity index (χ3v) is 3.04. The summed E-state index contributed by atoms with van der Waals surface area (Å²) in [4.78, 5) is 26.7. The number of pyridine rings is 2. The maximum Gasteiger partial charge on any atom is 0.511 e. The molecule has 0 atom stereocenters. The lowest BCUT2D eigenvalue weighted by Gasteiger charge is -2.25. The van der Waals surface area contributed by atoms with Gasteiger partial charge < -0.3 is 14.4 Å². The number of nitrogens with zero attached hydrogens (tertiary/aromatic N) is 2. The third-order valence-electron chi connectivity index (χ3n) is 2.78. The van der Waals surface area contributed by atoms with E-state index in [1.807, 2.05) is 0 Å². The van der Waals surface area contributed by atoms with Crippen LogP contribution < -0.4 is 10.2 Å². The van der Waals surface area contributed by atoms with E-state index in [4.69, 9.17) is 16.7 Å². The normalized spacial score (nSPS) is 11.7. The van der Waals surface area contributed by atoms with Crippen LogP contribution in [0.4, 0.5) is 9.18 Å². The Balaban J connectivity index is 2.93. The van der Waals surface area contributed by atoms with Gasteiger partial charge in [0.15, 0.2) is 16.7 Å². The van der Waals surface area contributed by atoms with Gasteiger partial charge in [-0.05, 0) is 26.8 Å². The predicted octanol–water partition coefficient (Wildman–Crippen LogP) is 3.00. The van der Waals surface area contributed by atoms with Crippen molar-refractivity contribution in [3.05, 3.63) is 33.5 Å². The number of carbonyl (C=O) groups is 1. The minimum atomic E-state index is -1.63. The number of rotatable bonds is 1. The minimum absolute atomic E-state index is 0.106. The van der Waals surface area contributed by atoms with Gasteiger partial charge in [0.2, 0.25) is 5.43 Å². The van der Waals surface area contributed by atoms with E-state index >= 15 is 0 Å². The zero-order valence-corrected chi connectivity index (χ0v) is 12.2. The first kappa shape index (κ1) is 15.2. The molecule has 1 N–H and O–H groups in total. The van der Waals surface area contributed by atoms with Gasteiger partial charge in [-0.1, -0.05) is 11.6 Å². The first-order valence-electron chi connectivity index (χ1n) is 5.94. The van der Waals surface area contributed by atoms with Crippen LogP contribution in [0.1, 0.15) is 20.8 Å². The molecule has 0 radical (unpaired) electrons. The van der Waals surface area contributed by atoms with E-state index in [1.54, 1.807) is 20.8 Å². The second kappa shape index (κ2) is 5.00. The van der Waals surface area contributed by atoms with Crippen LogP contribution in [-0.4, -0.2) is 20.8 Å². The lowest BCUT2D eigenvalue weighted by molar-refractivity contribution is 0.143. The molecule has 0 spiro atoms. The SMILES string of the molecule is CC(C)(C)n1cc(OC(=O)O)c(=O)c2cc(F)c(Cl)nc21. The second-order valence-corrected chi connectivity index (χ2v) is 5.72. The van der Waals surface area contributed by atoms with E-state index in [1.165, 1.54) is 10.8 Å². The molecule has 0 aliphatic heterocycles. The van der Waals surface area contributed by atoms with E-state index in [0.29, 0.717) is 0 Å². The zero-order valence-electron chi connectivity index (χ0n) is 11.5. The fourth-order valence-electron chi connectivity index (χ4n) is 1.86. The Morgan fingerprint density at radius 2 is 2.10 bits per heavy atom. The van der Waals surface area contributed by atoms with Crippen molar-refractivity contribution in [2.45, 2.75) is 26.3 Å². The quantitative estimate of drug-likeness (QED) is 0.646. The Morgan fingerprint density at radius 3 is 2.62 bits per heavy atom. The Hall–Kier alpha value is -2.15. The molecule has 2 aromatic rings. The van der Waals surface area contributed by atoms with Gasteiger partial charge in [0, 0.05) is 5.54 Å². The van der Waals surface area contributed by atoms with E-state index in [9.17, 15) is 14.0 Å². The summed E-state index contributed by atoms with van der Waals surface area (Å²) >= 11 is 5.66. The molecule has 0 amide bonds. The van der Waals surface area contributed by atoms with Crippen LogP contribution in [0.15, 0.2) is 17.1 Å². The number of ether oxygens (including phenoxy) is 1. The molecule has 0 unspecified atom stereocenters. The van der Waals surface area contributed by atoms with E-state index < -0.39 is 28.7 Å². The Labute approximate surface area is 123 Å². The smallest absolute Gasteiger partial charge is 0.449 e. The lowest BCUT2D eigenvalue weighted by Crippen LogP contribution is -2.26. The van der Waals surface area contributed by atoms with Crippen molar-refractivity contribution in [3.63, 3.8) is 0 Å². The maximum atomic E-state index is 13.6. The third kappa shape index (κ3) is 2.82. The van der Waals surface area contributed by atoms with Crippen LogP contribution in [0.25, 0.3) is 11.0 Å². The van der Waals surface area contributed by atoms with Crippen LogP contribution >= 0.6 is 11.6 Å². The van der Waals surface area contributed by atoms with Crippen molar-refractivity contribution in [2.24, 2.45) is 0 Å². The van der Waals surface area contributed by atoms with Crippen molar-refractivity contribution in [1.29, 1.82) is 0 Å². The molecule has 0 saturated carbocycles. The molecule has 2 aromatic heterocycles. The van der Waals surface area contributed by atoms with Gasteiger partial charge >= 0.3 is 6.16 Å². The fourth-order valence-corrected chi connectivity index (χ4v) is 1.99. The van der Waals surface area contributed by atoms with Gasteiger partial charge in [-0.15, -0.1) is 0 Å². The molecule has 0 aliphatic rings. The summed E-state index contributed by atoms with van der Waals surface area (Å²) in [5.41, 5.74) is -1.18. The van der Waals surface area contributed by atoms with Crippen LogP contribution in [0.5, 0.6) is 5.75 Å². The molecular formula is C13H12ClFN2O4. The standard InChI is InChI=1S/C13H12ClFN2O4/c1-13(2,3)17-5-8(21-12(19)20)9(18)6-4-7(15)10(14)16-11(6)17/h4-5H,1-3H3,(H,19,20). The molecule has 6 nitrogen and oxygen atoms in total. The number of halogens is 2. The Kier molecular flexibility index (Phi) is 3.63. The number of carboxylic acid groups (broad SMARTS) is 1. The highest BCUT2D eigenvalue weighted by Gasteiger charge is 2.22. The molecule has 2 heterocycles. The average Bonchev–Trinajstić information content (AvgIpc) is 2.33. The Bertz CT molecular complexity index is 795. The van der Waals surface area contributed by atoms with Crippen LogP contribution in [0.3, 0.4) is 0 Å². The van der Waals surface area contributed by atoms with Crippen molar-refractivity contribution in [3.8, 4) is 5.75 Å². The highest BCUT2D eigenvalue weighted by molar-refractivity contribution is 6.29. The minimum Gasteiger partial charge on any atom is -0.449 e. The van der Waals surface area contributed by atoms with Gasteiger partial charge in [-0.3, -0.25) is 4.79 Å². The Morgan fingerprint density at radius 1 is 1.48 bits per heavy atom. The molecule has 8 heteroatoms. The number of hydrogen-bond donors (Lipinski definition) is 1. The summed E-state index contributed by atoms with van der Waals surface area (Å²) in [5.74, 6) is -1.29. The van der Waals surface area contributed by atoms with Crippen LogP contribution in [-0.2, 0) is 5.54 Å². The van der Waals surface area contributed by atoms with E-state index in [2.05, 4.69) is 9.72 Å². The summed E-state index contributed by atoms with van der Waals surface area (Å²) in [6.45, 7) is 5.42. The molecule has 0 aromatic carbocycles. The topological polar surface area (TPSA) is 81.4 Å². The van der Waals surface area contributed by atoms with Gasteiger partial charge in [0.1, 0.15) is 5.65 Å². The van der Waals surface area contributed by atoms with Gasteiger partial charge in [0.05, 0.1) is 11.6 Å². The highest BCUT2D eigenvalue weighted by Crippen LogP contribution is 2.25. The van der Waals surface area contributed by atoms with Crippen molar-refractivity contribution in [2.75, 3.05) is 0 Å². The van der Waals surface area contributed by atoms with Crippen molar-refractivity contribution < 1.29 is 19.0 Å². The van der Waals surface area contributed by atoms with Gasteiger partial charge in [-0.25, -0.2) is 14.2 Å². The highest BCUT2D eigenvalue weighted by atomic mass is 35.5. The largest absolute Gasteiger partial charge is 0.511 e. The molecule has 112 valence electrons. The zero-order chi connectivity index (χ0) is 15.9. The molecular weight excluding hydrogens is 303 g/mol. The maximum absolute atomic E-state index is 13.6. The number of hydrogen-bond acceptors (Lipinski definition) is 4. The first-order chi connectivity index (χ1) is 9.61. The van der Waals surface area contributed by atoms with Crippen LogP contribution in [0, 0.1) is 5.82 Å². The fraction of sp³-hybridized carbons (Fsp3) is 0.308. The lowest BCUT2D eigenvalue weighted by atomic mass is 10.1. The molecule has 0 saturated heterocycles. The summed E-state index contributed by atoms with van der Waals surface area (Å²) in [5, 5.41) is 8.20. The molecule has 2 rings (SSSR count). The number of fused-ring (bicyclic) bond motifs is 1. The van der Waals surface area contributed by atoms with E-state index in [0.717, 1.165) is 6.07 Å². The van der Waals surface area contributed by atoms with Gasteiger partial charge in [-0.2, -0.15) is 0 Å². The molecule has 0 bridgehead atoms. The first-order valence-corrected chi connectivity index (χ1v) is 6.31. The van der Waals surface area contributed by atoms with Gasteiger partial charge in [0.25, 0.3) is 0 Å². The second-order valence-electron chi connectivity index (χ2n) is 5.36. The van der Waals surface area contributed by atoms with Crippen molar-refractivity contribution in [1.82, 2.24) is 9.55 Å². The summed E-state index contributed by atoms with van der Waals surface area (Å²) in [7, 11) is 0. The summed E-state index contributed by atoms with van der Waals surface area (Å²) in [6, 6.07) is 0.921. The molecule has 0 aliphatic carbocycles. The van der Waals surface area contributed by atoms with E-state index in [-0.39, 0.29) is 16.2 Å². The molecule has 0 fully saturated rings. The molecule has 21 heavy (non-hydrogen) atoms. The van der Waals surface area contributed by atoms with Crippen LogP contribution in [0.2, 0.25) is 5.15 Å². The van der Waals surface area contributed by atoms with Crippen molar-refractivity contribution >= 4 is 28.8 Å². The average molecular weight is 315 g/mol. The monoisotopic (exact) mass is 314 g/mol. The summed E-state index contributed by atoms with van der Waals surface area (Å²) < 4.78 is 19.5. The predicted molar refractivity (Wildman–Crippen MR) is 74.6 cm³/mol.